The number of aliphatic hydroxyl groups is 1. The standard InChI is InChI=1S/C12H18N2O4S/c1-5(13)4-19-8-3-7-9(6(2)15)11(16)14(7)10(8)12(17)18/h5-7,9,15H,3-4,13H2,1-2H3,(H,17,18). The number of hydrogen-bond acceptors (Lipinski definition) is 5. The Kier molecular flexibility index (Phi) is 3.89. The first-order chi connectivity index (χ1) is 8.84. The molecule has 19 heavy (non-hydrogen) atoms. The first kappa shape index (κ1) is 14.4. The highest BCUT2D eigenvalue weighted by Gasteiger charge is 2.56. The van der Waals surface area contributed by atoms with Gasteiger partial charge in [-0.15, -0.1) is 11.8 Å². The number of thioether (sulfide) groups is 1. The maximum Gasteiger partial charge on any atom is 0.353 e. The van der Waals surface area contributed by atoms with E-state index in [0.717, 1.165) is 0 Å². The minimum atomic E-state index is -1.09. The number of fused-ring (bicyclic) bond motifs is 1. The van der Waals surface area contributed by atoms with Crippen LogP contribution in [0.4, 0.5) is 0 Å². The molecule has 0 spiro atoms. The number of nitrogens with zero attached hydrogens (tertiary/aromatic N) is 1. The van der Waals surface area contributed by atoms with Crippen LogP contribution in [0.5, 0.6) is 0 Å². The molecule has 4 N–H and O–H groups in total. The first-order valence-electron chi connectivity index (χ1n) is 6.20. The molecule has 7 heteroatoms. The summed E-state index contributed by atoms with van der Waals surface area (Å²) in [6, 6.07) is -0.252. The van der Waals surface area contributed by atoms with Crippen molar-refractivity contribution in [3.8, 4) is 0 Å². The van der Waals surface area contributed by atoms with E-state index in [1.807, 2.05) is 6.92 Å². The van der Waals surface area contributed by atoms with Gasteiger partial charge < -0.3 is 20.8 Å². The Hall–Kier alpha value is -1.05. The molecule has 1 amide bonds. The van der Waals surface area contributed by atoms with Gasteiger partial charge in [0.2, 0.25) is 5.91 Å². The molecule has 0 saturated carbocycles. The number of aliphatic hydroxyl groups excluding tert-OH is 1. The van der Waals surface area contributed by atoms with Gasteiger partial charge >= 0.3 is 5.97 Å². The van der Waals surface area contributed by atoms with Crippen molar-refractivity contribution < 1.29 is 19.8 Å². The van der Waals surface area contributed by atoms with Crippen LogP contribution in [0.1, 0.15) is 20.3 Å². The Morgan fingerprint density at radius 2 is 2.21 bits per heavy atom. The maximum absolute atomic E-state index is 11.9. The molecule has 0 aromatic carbocycles. The van der Waals surface area contributed by atoms with E-state index >= 15 is 0 Å². The fraction of sp³-hybridized carbons (Fsp3) is 0.667. The summed E-state index contributed by atoms with van der Waals surface area (Å²) < 4.78 is 0. The number of nitrogens with two attached hydrogens (primary N) is 1. The van der Waals surface area contributed by atoms with E-state index in [9.17, 15) is 19.8 Å². The van der Waals surface area contributed by atoms with E-state index in [0.29, 0.717) is 17.1 Å². The second kappa shape index (κ2) is 5.15. The lowest BCUT2D eigenvalue weighted by Crippen LogP contribution is -2.61. The van der Waals surface area contributed by atoms with Gasteiger partial charge in [0.1, 0.15) is 5.70 Å². The molecule has 1 saturated heterocycles. The van der Waals surface area contributed by atoms with Crippen molar-refractivity contribution in [2.24, 2.45) is 11.7 Å². The summed E-state index contributed by atoms with van der Waals surface area (Å²) in [5.41, 5.74) is 5.74. The van der Waals surface area contributed by atoms with E-state index in [4.69, 9.17) is 5.73 Å². The zero-order valence-corrected chi connectivity index (χ0v) is 11.7. The van der Waals surface area contributed by atoms with Crippen LogP contribution in [0.25, 0.3) is 0 Å². The Morgan fingerprint density at radius 1 is 1.58 bits per heavy atom. The smallest absolute Gasteiger partial charge is 0.353 e. The molecule has 1 fully saturated rings. The van der Waals surface area contributed by atoms with Gasteiger partial charge in [0.05, 0.1) is 18.1 Å². The highest BCUT2D eigenvalue weighted by Crippen LogP contribution is 2.46. The van der Waals surface area contributed by atoms with Gasteiger partial charge in [-0.1, -0.05) is 0 Å². The van der Waals surface area contributed by atoms with Crippen LogP contribution >= 0.6 is 11.8 Å². The summed E-state index contributed by atoms with van der Waals surface area (Å²) in [7, 11) is 0. The molecule has 4 unspecified atom stereocenters. The number of amides is 1. The minimum absolute atomic E-state index is 0.0379. The van der Waals surface area contributed by atoms with E-state index in [1.54, 1.807) is 6.92 Å². The molecule has 2 aliphatic rings. The number of rotatable bonds is 5. The second-order valence-electron chi connectivity index (χ2n) is 5.11. The van der Waals surface area contributed by atoms with Gasteiger partial charge in [0.25, 0.3) is 0 Å². The predicted molar refractivity (Wildman–Crippen MR) is 71.2 cm³/mol. The lowest BCUT2D eigenvalue weighted by atomic mass is 9.83. The van der Waals surface area contributed by atoms with Crippen molar-refractivity contribution in [2.75, 3.05) is 5.75 Å². The van der Waals surface area contributed by atoms with Crippen molar-refractivity contribution in [1.29, 1.82) is 0 Å². The van der Waals surface area contributed by atoms with Gasteiger partial charge in [-0.05, 0) is 13.8 Å². The molecule has 2 rings (SSSR count). The summed E-state index contributed by atoms with van der Waals surface area (Å²) >= 11 is 1.39. The molecule has 106 valence electrons. The maximum atomic E-state index is 11.9. The van der Waals surface area contributed by atoms with Crippen LogP contribution < -0.4 is 5.73 Å². The van der Waals surface area contributed by atoms with Crippen molar-refractivity contribution in [3.05, 3.63) is 10.6 Å². The van der Waals surface area contributed by atoms with E-state index in [1.165, 1.54) is 16.7 Å². The van der Waals surface area contributed by atoms with Crippen LogP contribution in [0.3, 0.4) is 0 Å². The summed E-state index contributed by atoms with van der Waals surface area (Å²) in [6.07, 6.45) is -0.248. The molecule has 2 heterocycles. The fourth-order valence-electron chi connectivity index (χ4n) is 2.59. The average molecular weight is 286 g/mol. The largest absolute Gasteiger partial charge is 0.477 e. The predicted octanol–water partition coefficient (Wildman–Crippen LogP) is -0.0255. The number of carbonyl (C=O) groups excluding carboxylic acids is 1. The van der Waals surface area contributed by atoms with Crippen LogP contribution in [0.2, 0.25) is 0 Å². The topological polar surface area (TPSA) is 104 Å². The quantitative estimate of drug-likeness (QED) is 0.613. The SMILES string of the molecule is CC(N)CSC1=C(C(=O)O)N2C(=O)C(C(C)O)C2C1. The third-order valence-corrected chi connectivity index (χ3v) is 4.81. The second-order valence-corrected chi connectivity index (χ2v) is 6.23. The zero-order chi connectivity index (χ0) is 14.3. The highest BCUT2D eigenvalue weighted by atomic mass is 32.2. The number of aliphatic carboxylic acids is 1. The van der Waals surface area contributed by atoms with Crippen LogP contribution in [-0.4, -0.2) is 50.9 Å². The monoisotopic (exact) mass is 286 g/mol. The number of carboxylic acid groups (broad SMARTS) is 1. The Balaban J connectivity index is 2.19. The zero-order valence-electron chi connectivity index (χ0n) is 10.9. The minimum Gasteiger partial charge on any atom is -0.477 e. The summed E-state index contributed by atoms with van der Waals surface area (Å²) in [6.45, 7) is 3.41. The molecular formula is C12H18N2O4S. The third-order valence-electron chi connectivity index (χ3n) is 3.41. The summed E-state index contributed by atoms with van der Waals surface area (Å²) in [5.74, 6) is -1.26. The first-order valence-corrected chi connectivity index (χ1v) is 7.19. The molecule has 0 bridgehead atoms. The van der Waals surface area contributed by atoms with Gasteiger partial charge in [-0.3, -0.25) is 4.79 Å². The molecule has 2 aliphatic heterocycles. The van der Waals surface area contributed by atoms with Gasteiger partial charge in [0.15, 0.2) is 0 Å². The molecule has 0 radical (unpaired) electrons. The van der Waals surface area contributed by atoms with Gasteiger partial charge in [0, 0.05) is 23.1 Å². The molecule has 0 aromatic heterocycles. The number of hydrogen-bond donors (Lipinski definition) is 3. The van der Waals surface area contributed by atoms with Crippen molar-refractivity contribution in [1.82, 2.24) is 4.90 Å². The molecule has 0 aliphatic carbocycles. The van der Waals surface area contributed by atoms with Crippen LogP contribution in [-0.2, 0) is 9.59 Å². The van der Waals surface area contributed by atoms with Gasteiger partial charge in [-0.25, -0.2) is 4.79 Å². The Labute approximate surface area is 115 Å². The molecular weight excluding hydrogens is 268 g/mol. The van der Waals surface area contributed by atoms with Crippen LogP contribution in [0.15, 0.2) is 10.6 Å². The average Bonchev–Trinajstić information content (AvgIpc) is 2.60. The van der Waals surface area contributed by atoms with Gasteiger partial charge in [-0.2, -0.15) is 0 Å². The number of β-lactam (4-membered cyclic amide) rings is 1. The van der Waals surface area contributed by atoms with Crippen molar-refractivity contribution in [3.63, 3.8) is 0 Å². The van der Waals surface area contributed by atoms with E-state index in [2.05, 4.69) is 0 Å². The van der Waals surface area contributed by atoms with E-state index < -0.39 is 18.0 Å². The van der Waals surface area contributed by atoms with Crippen molar-refractivity contribution >= 4 is 23.6 Å². The number of carboxylic acids is 1. The van der Waals surface area contributed by atoms with Crippen LogP contribution in [0, 0.1) is 5.92 Å². The van der Waals surface area contributed by atoms with E-state index in [-0.39, 0.29) is 23.7 Å². The molecule has 4 atom stereocenters. The Morgan fingerprint density at radius 3 is 2.68 bits per heavy atom. The highest BCUT2D eigenvalue weighted by molar-refractivity contribution is 8.03. The fourth-order valence-corrected chi connectivity index (χ4v) is 3.67. The lowest BCUT2D eigenvalue weighted by Gasteiger charge is -2.44. The Bertz CT molecular complexity index is 447. The summed E-state index contributed by atoms with van der Waals surface area (Å²) in [4.78, 5) is 25.2. The lowest BCUT2D eigenvalue weighted by molar-refractivity contribution is -0.161. The van der Waals surface area contributed by atoms with Crippen molar-refractivity contribution in [2.45, 2.75) is 38.5 Å². The summed E-state index contributed by atoms with van der Waals surface area (Å²) in [5, 5.41) is 18.8. The molecule has 6 nitrogen and oxygen atoms in total. The third kappa shape index (κ3) is 2.37. The number of carbonyl (C=O) groups is 2. The normalized spacial score (nSPS) is 29.1. The molecule has 0 aromatic rings.